The molecule has 1 unspecified atom stereocenters. The fourth-order valence-electron chi connectivity index (χ4n) is 1.50. The third-order valence-electron chi connectivity index (χ3n) is 2.43. The summed E-state index contributed by atoms with van der Waals surface area (Å²) in [7, 11) is 0. The molecule has 1 atom stereocenters. The Bertz CT molecular complexity index is 81.2. The van der Waals surface area contributed by atoms with Crippen LogP contribution in [0, 0.1) is 12.8 Å². The van der Waals surface area contributed by atoms with Crippen molar-refractivity contribution in [3.05, 3.63) is 6.92 Å². The van der Waals surface area contributed by atoms with Crippen LogP contribution in [0.3, 0.4) is 0 Å². The minimum absolute atomic E-state index is 0. The lowest BCUT2D eigenvalue weighted by molar-refractivity contribution is 0.481. The molecule has 0 amide bonds. The predicted octanol–water partition coefficient (Wildman–Crippen LogP) is 3.41. The van der Waals surface area contributed by atoms with E-state index in [4.69, 9.17) is 0 Å². The monoisotopic (exact) mass is 199 g/mol. The molecule has 0 rings (SSSR count). The first kappa shape index (κ1) is 16.0. The van der Waals surface area contributed by atoms with Crippen LogP contribution in [-0.2, 0) is 0 Å². The lowest BCUT2D eigenvalue weighted by Gasteiger charge is -2.09. The first-order valence-corrected chi connectivity index (χ1v) is 5.64. The summed E-state index contributed by atoms with van der Waals surface area (Å²) in [6.07, 6.45) is 10.9. The molecule has 1 radical (unpaired) electrons. The van der Waals surface area contributed by atoms with Gasteiger partial charge in [0.05, 0.1) is 0 Å². The molecule has 0 saturated heterocycles. The third-order valence-corrected chi connectivity index (χ3v) is 2.43. The molecule has 0 aromatic carbocycles. The highest BCUT2D eigenvalue weighted by atomic mass is 27.0. The van der Waals surface area contributed by atoms with Gasteiger partial charge < -0.3 is 0 Å². The second kappa shape index (κ2) is 12.5. The van der Waals surface area contributed by atoms with Gasteiger partial charge in [-0.3, -0.25) is 0 Å². The molecule has 13 heavy (non-hydrogen) atoms. The second-order valence-electron chi connectivity index (χ2n) is 3.86. The van der Waals surface area contributed by atoms with Crippen LogP contribution < -0.4 is 0 Å². The standard InChI is InChI=1S/C12H25.Al.3H/c1-4-6-8-9-11-12(3)10-7-5-2;;;;/h12H,3-11H2,1-2H3;;;;. The summed E-state index contributed by atoms with van der Waals surface area (Å²) in [5.74, 6) is 0.724. The van der Waals surface area contributed by atoms with Crippen LogP contribution in [-0.4, -0.2) is 17.4 Å². The van der Waals surface area contributed by atoms with Gasteiger partial charge in [-0.15, -0.1) is 0 Å². The number of hydrogen-bond donors (Lipinski definition) is 0. The van der Waals surface area contributed by atoms with Crippen molar-refractivity contribution in [3.8, 4) is 0 Å². The van der Waals surface area contributed by atoms with Gasteiger partial charge in [-0.05, 0) is 5.92 Å². The fourth-order valence-corrected chi connectivity index (χ4v) is 1.50. The Balaban J connectivity index is 0. The first-order chi connectivity index (χ1) is 5.81. The molecule has 0 nitrogen and oxygen atoms in total. The van der Waals surface area contributed by atoms with Crippen LogP contribution in [0.4, 0.5) is 0 Å². The van der Waals surface area contributed by atoms with Crippen LogP contribution in [0.25, 0.3) is 0 Å². The zero-order valence-electron chi connectivity index (χ0n) is 8.94. The van der Waals surface area contributed by atoms with E-state index in [0.29, 0.717) is 0 Å². The molecular formula is C12H28Al. The van der Waals surface area contributed by atoms with Gasteiger partial charge in [-0.2, -0.15) is 0 Å². The minimum atomic E-state index is 0. The average Bonchev–Trinajstić information content (AvgIpc) is 2.09. The van der Waals surface area contributed by atoms with E-state index < -0.39 is 0 Å². The van der Waals surface area contributed by atoms with Crippen molar-refractivity contribution in [2.45, 2.75) is 65.2 Å². The van der Waals surface area contributed by atoms with Gasteiger partial charge in [-0.1, -0.05) is 72.1 Å². The molecule has 0 heterocycles. The Kier molecular flexibility index (Phi) is 15.4. The molecule has 1 heteroatoms. The Morgan fingerprint density at radius 3 is 1.92 bits per heavy atom. The quantitative estimate of drug-likeness (QED) is 0.415. The molecule has 0 fully saturated rings. The summed E-state index contributed by atoms with van der Waals surface area (Å²) in [5, 5.41) is 0. The molecule has 0 N–H and O–H groups in total. The molecule has 0 bridgehead atoms. The fraction of sp³-hybridized carbons (Fsp3) is 0.917. The van der Waals surface area contributed by atoms with Crippen molar-refractivity contribution in [2.24, 2.45) is 5.92 Å². The number of rotatable bonds is 8. The molecule has 0 aliphatic rings. The highest BCUT2D eigenvalue weighted by Gasteiger charge is 2.00. The Morgan fingerprint density at radius 1 is 0.846 bits per heavy atom. The van der Waals surface area contributed by atoms with E-state index in [1.807, 2.05) is 0 Å². The lowest BCUT2D eigenvalue weighted by atomic mass is 9.97. The zero-order chi connectivity index (χ0) is 9.23. The zero-order valence-corrected chi connectivity index (χ0v) is 8.94. The van der Waals surface area contributed by atoms with E-state index in [9.17, 15) is 0 Å². The Labute approximate surface area is 95.6 Å². The third kappa shape index (κ3) is 12.5. The summed E-state index contributed by atoms with van der Waals surface area (Å²) < 4.78 is 0. The van der Waals surface area contributed by atoms with Gasteiger partial charge in [0.25, 0.3) is 0 Å². The molecule has 0 aromatic rings. The summed E-state index contributed by atoms with van der Waals surface area (Å²) in [6, 6.07) is 0. The summed E-state index contributed by atoms with van der Waals surface area (Å²) in [4.78, 5) is 0. The van der Waals surface area contributed by atoms with Crippen LogP contribution in [0.1, 0.15) is 65.2 Å². The Morgan fingerprint density at radius 2 is 1.38 bits per heavy atom. The molecule has 79 valence electrons. The van der Waals surface area contributed by atoms with E-state index in [1.165, 1.54) is 51.4 Å². The van der Waals surface area contributed by atoms with Gasteiger partial charge in [-0.25, -0.2) is 0 Å². The summed E-state index contributed by atoms with van der Waals surface area (Å²) in [5.41, 5.74) is 0. The van der Waals surface area contributed by atoms with Gasteiger partial charge >= 0.3 is 0 Å². The van der Waals surface area contributed by atoms with Gasteiger partial charge in [0.2, 0.25) is 0 Å². The molecule has 0 saturated carbocycles. The normalized spacial score (nSPS) is 12.2. The van der Waals surface area contributed by atoms with Crippen molar-refractivity contribution >= 4 is 17.4 Å². The highest BCUT2D eigenvalue weighted by molar-refractivity contribution is 5.75. The highest BCUT2D eigenvalue weighted by Crippen LogP contribution is 2.15. The van der Waals surface area contributed by atoms with Crippen molar-refractivity contribution < 1.29 is 0 Å². The van der Waals surface area contributed by atoms with Crippen molar-refractivity contribution in [1.29, 1.82) is 0 Å². The topological polar surface area (TPSA) is 0 Å². The Hall–Kier alpha value is 0.532. The molecule has 0 aliphatic carbocycles. The largest absolute Gasteiger partial charge is 0.187 e. The minimum Gasteiger partial charge on any atom is -0.0654 e. The van der Waals surface area contributed by atoms with E-state index in [-0.39, 0.29) is 17.4 Å². The van der Waals surface area contributed by atoms with Crippen LogP contribution in [0.5, 0.6) is 0 Å². The van der Waals surface area contributed by atoms with Crippen molar-refractivity contribution in [1.82, 2.24) is 0 Å². The van der Waals surface area contributed by atoms with E-state index in [0.717, 1.165) is 5.92 Å². The second-order valence-corrected chi connectivity index (χ2v) is 3.86. The van der Waals surface area contributed by atoms with Gasteiger partial charge in [0, 0.05) is 0 Å². The van der Waals surface area contributed by atoms with Crippen molar-refractivity contribution in [3.63, 3.8) is 0 Å². The van der Waals surface area contributed by atoms with Crippen LogP contribution >= 0.6 is 0 Å². The molecule has 0 spiro atoms. The molecular weight excluding hydrogens is 171 g/mol. The maximum absolute atomic E-state index is 4.17. The van der Waals surface area contributed by atoms with E-state index in [2.05, 4.69) is 20.8 Å². The molecule has 0 aliphatic heterocycles. The maximum atomic E-state index is 4.17. The number of unbranched alkanes of at least 4 members (excludes halogenated alkanes) is 4. The van der Waals surface area contributed by atoms with Gasteiger partial charge in [0.15, 0.2) is 17.4 Å². The van der Waals surface area contributed by atoms with Crippen molar-refractivity contribution in [2.75, 3.05) is 0 Å². The summed E-state index contributed by atoms with van der Waals surface area (Å²) in [6.45, 7) is 8.69. The maximum Gasteiger partial charge on any atom is 0.187 e. The van der Waals surface area contributed by atoms with Crippen LogP contribution in [0.2, 0.25) is 0 Å². The lowest BCUT2D eigenvalue weighted by Crippen LogP contribution is -1.94. The number of hydrogen-bond acceptors (Lipinski definition) is 0. The SMILES string of the molecule is [AlH3].[CH2]C(CCCC)CCCCCC. The first-order valence-electron chi connectivity index (χ1n) is 5.64. The summed E-state index contributed by atoms with van der Waals surface area (Å²) >= 11 is 0. The predicted molar refractivity (Wildman–Crippen MR) is 67.1 cm³/mol. The van der Waals surface area contributed by atoms with Gasteiger partial charge in [0.1, 0.15) is 0 Å². The molecule has 0 aromatic heterocycles. The van der Waals surface area contributed by atoms with Crippen LogP contribution in [0.15, 0.2) is 0 Å². The van der Waals surface area contributed by atoms with E-state index >= 15 is 0 Å². The average molecular weight is 199 g/mol. The smallest absolute Gasteiger partial charge is 0.0654 e. The van der Waals surface area contributed by atoms with E-state index in [1.54, 1.807) is 0 Å².